The molecule has 0 aliphatic heterocycles. The van der Waals surface area contributed by atoms with Gasteiger partial charge in [0.15, 0.2) is 0 Å². The second kappa shape index (κ2) is 8.77. The number of carbonyl (C=O) groups excluding carboxylic acids is 2. The van der Waals surface area contributed by atoms with Gasteiger partial charge in [0, 0.05) is 18.9 Å². The number of likely N-dealkylation sites (N-methyl/N-ethyl adjacent to an activating group) is 1. The van der Waals surface area contributed by atoms with Crippen LogP contribution in [0.3, 0.4) is 0 Å². The van der Waals surface area contributed by atoms with Gasteiger partial charge in [-0.2, -0.15) is 0 Å². The second-order valence-corrected chi connectivity index (χ2v) is 6.95. The van der Waals surface area contributed by atoms with Crippen LogP contribution in [-0.2, 0) is 14.3 Å². The summed E-state index contributed by atoms with van der Waals surface area (Å²) in [6.45, 7) is 1.92. The summed E-state index contributed by atoms with van der Waals surface area (Å²) in [6.07, 6.45) is -0.890. The van der Waals surface area contributed by atoms with E-state index >= 15 is 0 Å². The quantitative estimate of drug-likeness (QED) is 0.713. The minimum absolute atomic E-state index is 0.0529. The van der Waals surface area contributed by atoms with Crippen LogP contribution in [0.5, 0.6) is 0 Å². The van der Waals surface area contributed by atoms with Crippen molar-refractivity contribution in [3.8, 4) is 11.1 Å². The molecule has 2 aromatic carbocycles. The smallest absolute Gasteiger partial charge is 0.410 e. The van der Waals surface area contributed by atoms with Gasteiger partial charge in [-0.3, -0.25) is 9.69 Å². The number of nitrogens with zero attached hydrogens (tertiary/aromatic N) is 1. The lowest BCUT2D eigenvalue weighted by Gasteiger charge is -2.27. The maximum absolute atomic E-state index is 12.7. The lowest BCUT2D eigenvalue weighted by atomic mass is 9.98. The number of nitrogens with two attached hydrogens (primary N) is 1. The van der Waals surface area contributed by atoms with Gasteiger partial charge in [0.25, 0.3) is 0 Å². The summed E-state index contributed by atoms with van der Waals surface area (Å²) >= 11 is 0. The molecule has 2 aromatic rings. The summed E-state index contributed by atoms with van der Waals surface area (Å²) in [5, 5.41) is 9.48. The largest absolute Gasteiger partial charge is 0.480 e. The Morgan fingerprint density at radius 3 is 2.10 bits per heavy atom. The third kappa shape index (κ3) is 4.23. The number of carbonyl (C=O) groups is 3. The zero-order chi connectivity index (χ0) is 21.0. The summed E-state index contributed by atoms with van der Waals surface area (Å²) in [4.78, 5) is 36.4. The fourth-order valence-corrected chi connectivity index (χ4v) is 3.85. The molecule has 0 saturated heterocycles. The Bertz CT molecular complexity index is 881. The highest BCUT2D eigenvalue weighted by Gasteiger charge is 2.33. The van der Waals surface area contributed by atoms with Crippen molar-refractivity contribution in [3.05, 3.63) is 59.7 Å². The number of fused-ring (bicyclic) bond motifs is 3. The van der Waals surface area contributed by atoms with E-state index in [1.54, 1.807) is 6.92 Å². The van der Waals surface area contributed by atoms with Crippen LogP contribution in [0.15, 0.2) is 48.5 Å². The van der Waals surface area contributed by atoms with Crippen molar-refractivity contribution < 1.29 is 24.2 Å². The standard InChI is InChI=1S/C22H24N2O5/c1-2-24(19(21(26)27)11-12-20(23)25)22(28)29-13-18-16-9-5-3-7-14(16)15-8-4-6-10-17(15)18/h3-10,18-19H,2,11-13H2,1H3,(H2,23,25)(H,26,27)/t19-/m0/s1. The Balaban J connectivity index is 1.75. The molecular weight excluding hydrogens is 372 g/mol. The zero-order valence-electron chi connectivity index (χ0n) is 16.2. The van der Waals surface area contributed by atoms with Crippen molar-refractivity contribution >= 4 is 18.0 Å². The molecule has 3 N–H and O–H groups in total. The Hall–Kier alpha value is -3.35. The fraction of sp³-hybridized carbons (Fsp3) is 0.318. The van der Waals surface area contributed by atoms with Crippen LogP contribution in [0.1, 0.15) is 36.8 Å². The van der Waals surface area contributed by atoms with Crippen molar-refractivity contribution in [2.75, 3.05) is 13.2 Å². The lowest BCUT2D eigenvalue weighted by molar-refractivity contribution is -0.143. The van der Waals surface area contributed by atoms with Crippen LogP contribution in [0.4, 0.5) is 4.79 Å². The first-order chi connectivity index (χ1) is 13.9. The van der Waals surface area contributed by atoms with Gasteiger partial charge in [-0.1, -0.05) is 48.5 Å². The predicted molar refractivity (Wildman–Crippen MR) is 107 cm³/mol. The van der Waals surface area contributed by atoms with E-state index < -0.39 is 24.0 Å². The van der Waals surface area contributed by atoms with Crippen molar-refractivity contribution in [2.24, 2.45) is 5.73 Å². The molecule has 0 saturated carbocycles. The maximum atomic E-state index is 12.7. The molecule has 7 nitrogen and oxygen atoms in total. The topological polar surface area (TPSA) is 110 Å². The minimum Gasteiger partial charge on any atom is -0.480 e. The molecule has 1 aliphatic carbocycles. The van der Waals surface area contributed by atoms with E-state index in [-0.39, 0.29) is 31.9 Å². The van der Waals surface area contributed by atoms with Crippen LogP contribution >= 0.6 is 0 Å². The number of carboxylic acid groups (broad SMARTS) is 1. The first-order valence-electron chi connectivity index (χ1n) is 9.56. The number of carboxylic acids is 1. The van der Waals surface area contributed by atoms with Gasteiger partial charge in [0.1, 0.15) is 12.6 Å². The normalized spacial score (nSPS) is 13.3. The Labute approximate surface area is 169 Å². The second-order valence-electron chi connectivity index (χ2n) is 6.95. The molecule has 0 unspecified atom stereocenters. The first kappa shape index (κ1) is 20.4. The van der Waals surface area contributed by atoms with Gasteiger partial charge < -0.3 is 15.6 Å². The van der Waals surface area contributed by atoms with Crippen LogP contribution in [-0.4, -0.2) is 47.2 Å². The number of benzene rings is 2. The van der Waals surface area contributed by atoms with Crippen molar-refractivity contribution in [3.63, 3.8) is 0 Å². The summed E-state index contributed by atoms with van der Waals surface area (Å²) in [5.41, 5.74) is 9.50. The molecule has 29 heavy (non-hydrogen) atoms. The number of amides is 2. The SMILES string of the molecule is CCN(C(=O)OCC1c2ccccc2-c2ccccc21)[C@@H](CCC(N)=O)C(=O)O. The van der Waals surface area contributed by atoms with Gasteiger partial charge in [-0.25, -0.2) is 9.59 Å². The average Bonchev–Trinajstić information content (AvgIpc) is 3.02. The van der Waals surface area contributed by atoms with E-state index in [4.69, 9.17) is 10.5 Å². The van der Waals surface area contributed by atoms with Crippen molar-refractivity contribution in [1.82, 2.24) is 4.90 Å². The number of primary amides is 1. The molecule has 0 radical (unpaired) electrons. The molecule has 0 aromatic heterocycles. The van der Waals surface area contributed by atoms with Crippen LogP contribution < -0.4 is 5.73 Å². The molecular formula is C22H24N2O5. The van der Waals surface area contributed by atoms with E-state index in [0.717, 1.165) is 27.2 Å². The minimum atomic E-state index is -1.19. The summed E-state index contributed by atoms with van der Waals surface area (Å²) < 4.78 is 5.54. The van der Waals surface area contributed by atoms with Crippen molar-refractivity contribution in [1.29, 1.82) is 0 Å². The molecule has 7 heteroatoms. The zero-order valence-corrected chi connectivity index (χ0v) is 16.2. The fourth-order valence-electron chi connectivity index (χ4n) is 3.85. The summed E-state index contributed by atoms with van der Waals surface area (Å²) in [7, 11) is 0. The monoisotopic (exact) mass is 396 g/mol. The number of hydrogen-bond acceptors (Lipinski definition) is 4. The Morgan fingerprint density at radius 2 is 1.62 bits per heavy atom. The number of hydrogen-bond donors (Lipinski definition) is 2. The van der Waals surface area contributed by atoms with Crippen molar-refractivity contribution in [2.45, 2.75) is 31.7 Å². The predicted octanol–water partition coefficient (Wildman–Crippen LogP) is 2.98. The molecule has 2 amide bonds. The van der Waals surface area contributed by atoms with Gasteiger partial charge in [-0.15, -0.1) is 0 Å². The third-order valence-corrected chi connectivity index (χ3v) is 5.24. The third-order valence-electron chi connectivity index (χ3n) is 5.24. The van der Waals surface area contributed by atoms with Gasteiger partial charge in [-0.05, 0) is 35.6 Å². The Kier molecular flexibility index (Phi) is 6.16. The summed E-state index contributed by atoms with van der Waals surface area (Å²) in [6, 6.07) is 14.8. The molecule has 1 atom stereocenters. The van der Waals surface area contributed by atoms with Crippen LogP contribution in [0.25, 0.3) is 11.1 Å². The van der Waals surface area contributed by atoms with Gasteiger partial charge in [0.2, 0.25) is 5.91 Å². The highest BCUT2D eigenvalue weighted by molar-refractivity contribution is 5.82. The molecule has 0 heterocycles. The van der Waals surface area contributed by atoms with Crippen LogP contribution in [0, 0.1) is 0 Å². The molecule has 3 rings (SSSR count). The maximum Gasteiger partial charge on any atom is 0.410 e. The molecule has 0 spiro atoms. The molecule has 0 bridgehead atoms. The average molecular weight is 396 g/mol. The highest BCUT2D eigenvalue weighted by atomic mass is 16.6. The van der Waals surface area contributed by atoms with Gasteiger partial charge in [0.05, 0.1) is 0 Å². The Morgan fingerprint density at radius 1 is 1.07 bits per heavy atom. The number of ether oxygens (including phenoxy) is 1. The molecule has 152 valence electrons. The number of aliphatic carboxylic acids is 1. The van der Waals surface area contributed by atoms with E-state index in [2.05, 4.69) is 0 Å². The number of rotatable bonds is 8. The van der Waals surface area contributed by atoms with E-state index in [0.29, 0.717) is 0 Å². The lowest BCUT2D eigenvalue weighted by Crippen LogP contribution is -2.46. The van der Waals surface area contributed by atoms with Crippen LogP contribution in [0.2, 0.25) is 0 Å². The first-order valence-corrected chi connectivity index (χ1v) is 9.56. The molecule has 1 aliphatic rings. The van der Waals surface area contributed by atoms with E-state index in [1.165, 1.54) is 0 Å². The molecule has 0 fully saturated rings. The highest BCUT2D eigenvalue weighted by Crippen LogP contribution is 2.44. The van der Waals surface area contributed by atoms with Gasteiger partial charge >= 0.3 is 12.1 Å². The van der Waals surface area contributed by atoms with E-state index in [9.17, 15) is 19.5 Å². The van der Waals surface area contributed by atoms with E-state index in [1.807, 2.05) is 48.5 Å². The summed E-state index contributed by atoms with van der Waals surface area (Å²) in [5.74, 6) is -1.92.